The summed E-state index contributed by atoms with van der Waals surface area (Å²) < 4.78 is 0. The van der Waals surface area contributed by atoms with Crippen LogP contribution in [0, 0.1) is 0 Å². The molecule has 0 spiro atoms. The van der Waals surface area contributed by atoms with E-state index >= 15 is 0 Å². The summed E-state index contributed by atoms with van der Waals surface area (Å²) in [4.78, 5) is 11.3. The van der Waals surface area contributed by atoms with E-state index in [1.807, 2.05) is 0 Å². The van der Waals surface area contributed by atoms with Crippen LogP contribution in [0.25, 0.3) is 0 Å². The minimum atomic E-state index is -0.981. The molecule has 0 aliphatic heterocycles. The average Bonchev–Trinajstić information content (AvgIpc) is 2.50. The molecule has 0 radical (unpaired) electrons. The van der Waals surface area contributed by atoms with Crippen molar-refractivity contribution >= 4 is 5.78 Å². The smallest absolute Gasteiger partial charge is 0.136 e. The lowest BCUT2D eigenvalue weighted by Gasteiger charge is -2.03. The number of ketones is 1. The number of Topliss-reactive ketones (excluding diaryl/α,β-unsaturated/α-hetero) is 1. The predicted octanol–water partition coefficient (Wildman–Crippen LogP) is 5.26. The van der Waals surface area contributed by atoms with Crippen LogP contribution in [0.2, 0.25) is 0 Å². The van der Waals surface area contributed by atoms with E-state index in [1.165, 1.54) is 70.6 Å². The highest BCUT2D eigenvalue weighted by molar-refractivity contribution is 5.78. The SMILES string of the molecule is CCCCCCCC/C=C\CCCCCCCC(=O)CC(N)O. The van der Waals surface area contributed by atoms with E-state index < -0.39 is 6.23 Å². The first-order chi connectivity index (χ1) is 11.2. The maximum atomic E-state index is 11.3. The number of rotatable bonds is 17. The van der Waals surface area contributed by atoms with Gasteiger partial charge in [-0.05, 0) is 32.1 Å². The molecular weight excluding hydrogens is 286 g/mol. The molecule has 3 heteroatoms. The number of carbonyl (C=O) groups excluding carboxylic acids is 1. The lowest BCUT2D eigenvalue weighted by Crippen LogP contribution is -2.22. The molecule has 0 fully saturated rings. The van der Waals surface area contributed by atoms with E-state index in [-0.39, 0.29) is 12.2 Å². The Kier molecular flexibility index (Phi) is 17.2. The molecule has 0 saturated heterocycles. The van der Waals surface area contributed by atoms with E-state index in [0.29, 0.717) is 6.42 Å². The van der Waals surface area contributed by atoms with Crippen molar-refractivity contribution in [3.8, 4) is 0 Å². The van der Waals surface area contributed by atoms with Crippen molar-refractivity contribution in [1.82, 2.24) is 0 Å². The maximum Gasteiger partial charge on any atom is 0.136 e. The van der Waals surface area contributed by atoms with Gasteiger partial charge in [0, 0.05) is 12.8 Å². The summed E-state index contributed by atoms with van der Waals surface area (Å²) in [5.41, 5.74) is 5.18. The molecule has 0 heterocycles. The summed E-state index contributed by atoms with van der Waals surface area (Å²) >= 11 is 0. The van der Waals surface area contributed by atoms with Gasteiger partial charge in [-0.25, -0.2) is 0 Å². The van der Waals surface area contributed by atoms with Crippen molar-refractivity contribution in [3.05, 3.63) is 12.2 Å². The number of aliphatic hydroxyl groups excluding tert-OH is 1. The molecule has 0 aromatic rings. The first kappa shape index (κ1) is 22.3. The molecule has 0 aromatic heterocycles. The summed E-state index contributed by atoms with van der Waals surface area (Å²) in [7, 11) is 0. The lowest BCUT2D eigenvalue weighted by atomic mass is 10.1. The van der Waals surface area contributed by atoms with Gasteiger partial charge in [-0.2, -0.15) is 0 Å². The van der Waals surface area contributed by atoms with Crippen molar-refractivity contribution in [3.63, 3.8) is 0 Å². The number of unbranched alkanes of at least 4 members (excludes halogenated alkanes) is 11. The molecule has 1 atom stereocenters. The average molecular weight is 326 g/mol. The molecule has 0 amide bonds. The van der Waals surface area contributed by atoms with Gasteiger partial charge >= 0.3 is 0 Å². The van der Waals surface area contributed by atoms with E-state index in [2.05, 4.69) is 19.1 Å². The zero-order valence-corrected chi connectivity index (χ0v) is 15.3. The van der Waals surface area contributed by atoms with Crippen LogP contribution in [0.1, 0.15) is 103 Å². The molecule has 3 nitrogen and oxygen atoms in total. The van der Waals surface area contributed by atoms with Gasteiger partial charge in [0.15, 0.2) is 0 Å². The van der Waals surface area contributed by atoms with Crippen molar-refractivity contribution in [2.75, 3.05) is 0 Å². The van der Waals surface area contributed by atoms with Crippen molar-refractivity contribution < 1.29 is 9.90 Å². The normalized spacial score (nSPS) is 12.8. The zero-order valence-electron chi connectivity index (χ0n) is 15.3. The number of aliphatic hydroxyl groups is 1. The summed E-state index contributed by atoms with van der Waals surface area (Å²) in [6, 6.07) is 0. The van der Waals surface area contributed by atoms with Gasteiger partial charge < -0.3 is 10.8 Å². The lowest BCUT2D eigenvalue weighted by molar-refractivity contribution is -0.120. The minimum absolute atomic E-state index is 0.0811. The Morgan fingerprint density at radius 3 is 1.87 bits per heavy atom. The fourth-order valence-corrected chi connectivity index (χ4v) is 2.73. The van der Waals surface area contributed by atoms with Crippen LogP contribution in [0.3, 0.4) is 0 Å². The van der Waals surface area contributed by atoms with Crippen LogP contribution in [0.5, 0.6) is 0 Å². The summed E-state index contributed by atoms with van der Waals surface area (Å²) in [6.07, 6.45) is 20.7. The van der Waals surface area contributed by atoms with Gasteiger partial charge in [-0.3, -0.25) is 4.79 Å². The highest BCUT2D eigenvalue weighted by atomic mass is 16.3. The van der Waals surface area contributed by atoms with Crippen LogP contribution in [-0.4, -0.2) is 17.1 Å². The molecule has 0 bridgehead atoms. The van der Waals surface area contributed by atoms with Gasteiger partial charge in [0.1, 0.15) is 12.0 Å². The number of nitrogens with two attached hydrogens (primary N) is 1. The van der Waals surface area contributed by atoms with Gasteiger partial charge in [-0.1, -0.05) is 70.4 Å². The third-order valence-corrected chi connectivity index (χ3v) is 4.15. The monoisotopic (exact) mass is 325 g/mol. The van der Waals surface area contributed by atoms with Crippen LogP contribution in [0.4, 0.5) is 0 Å². The van der Waals surface area contributed by atoms with Gasteiger partial charge in [0.2, 0.25) is 0 Å². The fourth-order valence-electron chi connectivity index (χ4n) is 2.73. The minimum Gasteiger partial charge on any atom is -0.378 e. The first-order valence-corrected chi connectivity index (χ1v) is 9.77. The molecule has 136 valence electrons. The largest absolute Gasteiger partial charge is 0.378 e. The Bertz CT molecular complexity index is 287. The Morgan fingerprint density at radius 1 is 0.870 bits per heavy atom. The second-order valence-electron chi connectivity index (χ2n) is 6.64. The van der Waals surface area contributed by atoms with E-state index in [1.54, 1.807) is 0 Å². The maximum absolute atomic E-state index is 11.3. The number of hydrogen-bond donors (Lipinski definition) is 2. The second kappa shape index (κ2) is 17.7. The topological polar surface area (TPSA) is 63.3 Å². The predicted molar refractivity (Wildman–Crippen MR) is 99.3 cm³/mol. The van der Waals surface area contributed by atoms with Crippen LogP contribution in [0.15, 0.2) is 12.2 Å². The Hall–Kier alpha value is -0.670. The molecule has 0 rings (SSSR count). The third kappa shape index (κ3) is 19.3. The number of hydrogen-bond acceptors (Lipinski definition) is 3. The Labute approximate surface area is 143 Å². The number of allylic oxidation sites excluding steroid dienone is 2. The zero-order chi connectivity index (χ0) is 17.2. The van der Waals surface area contributed by atoms with Crippen LogP contribution >= 0.6 is 0 Å². The number of carbonyl (C=O) groups is 1. The summed E-state index contributed by atoms with van der Waals surface area (Å²) in [6.45, 7) is 2.26. The quantitative estimate of drug-likeness (QED) is 0.218. The van der Waals surface area contributed by atoms with E-state index in [0.717, 1.165) is 12.8 Å². The van der Waals surface area contributed by atoms with E-state index in [4.69, 9.17) is 10.8 Å². The molecule has 3 N–H and O–H groups in total. The first-order valence-electron chi connectivity index (χ1n) is 9.77. The molecular formula is C20H39NO2. The van der Waals surface area contributed by atoms with Crippen LogP contribution in [-0.2, 0) is 4.79 Å². The van der Waals surface area contributed by atoms with Crippen LogP contribution < -0.4 is 5.73 Å². The molecule has 0 aliphatic rings. The molecule has 0 aromatic carbocycles. The molecule has 23 heavy (non-hydrogen) atoms. The van der Waals surface area contributed by atoms with Crippen molar-refractivity contribution in [1.29, 1.82) is 0 Å². The Balaban J connectivity index is 3.18. The summed E-state index contributed by atoms with van der Waals surface area (Å²) in [5, 5.41) is 8.90. The molecule has 0 saturated carbocycles. The molecule has 1 unspecified atom stereocenters. The molecule has 0 aliphatic carbocycles. The second-order valence-corrected chi connectivity index (χ2v) is 6.64. The third-order valence-electron chi connectivity index (χ3n) is 4.15. The van der Waals surface area contributed by atoms with Gasteiger partial charge in [-0.15, -0.1) is 0 Å². The standard InChI is InChI=1S/C20H39NO2/c1-2-3-4-5-6-7-8-9-10-11-12-13-14-15-16-17-19(22)18-20(21)23/h9-10,20,23H,2-8,11-18,21H2,1H3/b10-9-. The van der Waals surface area contributed by atoms with Gasteiger partial charge in [0.25, 0.3) is 0 Å². The van der Waals surface area contributed by atoms with Gasteiger partial charge in [0.05, 0.1) is 0 Å². The Morgan fingerprint density at radius 2 is 1.35 bits per heavy atom. The van der Waals surface area contributed by atoms with Crippen molar-refractivity contribution in [2.24, 2.45) is 5.73 Å². The highest BCUT2D eigenvalue weighted by Gasteiger charge is 2.05. The highest BCUT2D eigenvalue weighted by Crippen LogP contribution is 2.10. The fraction of sp³-hybridized carbons (Fsp3) is 0.850. The van der Waals surface area contributed by atoms with E-state index in [9.17, 15) is 4.79 Å². The summed E-state index contributed by atoms with van der Waals surface area (Å²) in [5.74, 6) is 0.0811. The van der Waals surface area contributed by atoms with Crippen molar-refractivity contribution in [2.45, 2.75) is 109 Å².